The first-order valence-corrected chi connectivity index (χ1v) is 11.4. The summed E-state index contributed by atoms with van der Waals surface area (Å²) in [5.74, 6) is 1.93. The molecule has 1 aromatic heterocycles. The van der Waals surface area contributed by atoms with E-state index in [0.717, 1.165) is 86.9 Å². The molecule has 4 rings (SSSR count). The topological polar surface area (TPSA) is 69.7 Å². The standard InChI is InChI=1S/C24H33N5O2/c1-2-20-6-5-7-23(26-20)29-15-13-28(14-16-29)12-3-4-17-31-21-9-8-19-10-11-25-24(30)27-22(19)18-21/h5-9,18H,2-4,10-17H2,1H3,(H2,25,27,30). The quantitative estimate of drug-likeness (QED) is 0.638. The van der Waals surface area contributed by atoms with E-state index in [1.165, 1.54) is 0 Å². The van der Waals surface area contributed by atoms with Gasteiger partial charge in [0.15, 0.2) is 0 Å². The highest BCUT2D eigenvalue weighted by atomic mass is 16.5. The van der Waals surface area contributed by atoms with Crippen LogP contribution in [0.15, 0.2) is 36.4 Å². The number of ether oxygens (including phenoxy) is 1. The fraction of sp³-hybridized carbons (Fsp3) is 0.500. The maximum absolute atomic E-state index is 11.7. The number of carbonyl (C=O) groups is 1. The van der Waals surface area contributed by atoms with Gasteiger partial charge < -0.3 is 20.3 Å². The molecule has 0 spiro atoms. The lowest BCUT2D eigenvalue weighted by atomic mass is 10.1. The zero-order chi connectivity index (χ0) is 21.5. The van der Waals surface area contributed by atoms with E-state index in [2.05, 4.69) is 45.6 Å². The van der Waals surface area contributed by atoms with Crippen molar-refractivity contribution < 1.29 is 9.53 Å². The van der Waals surface area contributed by atoms with Gasteiger partial charge in [-0.1, -0.05) is 19.1 Å². The summed E-state index contributed by atoms with van der Waals surface area (Å²) >= 11 is 0. The molecule has 2 amide bonds. The maximum atomic E-state index is 11.7. The van der Waals surface area contributed by atoms with Crippen molar-refractivity contribution in [1.29, 1.82) is 0 Å². The van der Waals surface area contributed by atoms with Crippen molar-refractivity contribution in [2.75, 3.05) is 56.1 Å². The van der Waals surface area contributed by atoms with Crippen molar-refractivity contribution in [2.45, 2.75) is 32.6 Å². The summed E-state index contributed by atoms with van der Waals surface area (Å²) in [6, 6.07) is 12.2. The molecular weight excluding hydrogens is 390 g/mol. The van der Waals surface area contributed by atoms with Crippen molar-refractivity contribution in [1.82, 2.24) is 15.2 Å². The van der Waals surface area contributed by atoms with Crippen molar-refractivity contribution in [3.8, 4) is 5.75 Å². The molecule has 3 heterocycles. The Hall–Kier alpha value is -2.80. The number of piperazine rings is 1. The Bertz CT molecular complexity index is 880. The van der Waals surface area contributed by atoms with Gasteiger partial charge in [-0.15, -0.1) is 0 Å². The second kappa shape index (κ2) is 10.5. The minimum atomic E-state index is -0.148. The molecule has 0 atom stereocenters. The van der Waals surface area contributed by atoms with E-state index in [1.807, 2.05) is 18.2 Å². The molecule has 1 fully saturated rings. The van der Waals surface area contributed by atoms with Crippen LogP contribution < -0.4 is 20.3 Å². The van der Waals surface area contributed by atoms with Crippen molar-refractivity contribution in [3.05, 3.63) is 47.7 Å². The number of carbonyl (C=O) groups excluding carboxylic acids is 1. The number of unbranched alkanes of at least 4 members (excludes halogenated alkanes) is 1. The lowest BCUT2D eigenvalue weighted by Crippen LogP contribution is -2.47. The van der Waals surface area contributed by atoms with E-state index in [1.54, 1.807) is 0 Å². The SMILES string of the molecule is CCc1cccc(N2CCN(CCCCOc3ccc4c(c3)NC(=O)NCC4)CC2)n1. The number of hydrogen-bond donors (Lipinski definition) is 2. The number of benzene rings is 1. The first kappa shape index (κ1) is 21.4. The highest BCUT2D eigenvalue weighted by Gasteiger charge is 2.18. The largest absolute Gasteiger partial charge is 0.494 e. The molecule has 31 heavy (non-hydrogen) atoms. The number of anilines is 2. The van der Waals surface area contributed by atoms with Crippen LogP contribution in [0.25, 0.3) is 0 Å². The number of nitrogens with one attached hydrogen (secondary N) is 2. The average Bonchev–Trinajstić information content (AvgIpc) is 2.99. The van der Waals surface area contributed by atoms with Crippen LogP contribution in [-0.4, -0.2) is 61.8 Å². The number of urea groups is 1. The van der Waals surface area contributed by atoms with Crippen molar-refractivity contribution in [2.24, 2.45) is 0 Å². The molecule has 0 saturated carbocycles. The summed E-state index contributed by atoms with van der Waals surface area (Å²) < 4.78 is 5.93. The predicted octanol–water partition coefficient (Wildman–Crippen LogP) is 3.30. The monoisotopic (exact) mass is 423 g/mol. The molecule has 0 unspecified atom stereocenters. The third kappa shape index (κ3) is 5.88. The highest BCUT2D eigenvalue weighted by Crippen LogP contribution is 2.24. The number of fused-ring (bicyclic) bond motifs is 1. The second-order valence-corrected chi connectivity index (χ2v) is 8.17. The van der Waals surface area contributed by atoms with Crippen LogP contribution in [0.2, 0.25) is 0 Å². The smallest absolute Gasteiger partial charge is 0.319 e. The van der Waals surface area contributed by atoms with E-state index in [9.17, 15) is 4.79 Å². The molecular formula is C24H33N5O2. The van der Waals surface area contributed by atoms with E-state index >= 15 is 0 Å². The van der Waals surface area contributed by atoms with E-state index in [-0.39, 0.29) is 6.03 Å². The molecule has 7 heteroatoms. The van der Waals surface area contributed by atoms with Crippen LogP contribution in [0.1, 0.15) is 31.0 Å². The van der Waals surface area contributed by atoms with Gasteiger partial charge in [-0.3, -0.25) is 4.90 Å². The van der Waals surface area contributed by atoms with Crippen LogP contribution >= 0.6 is 0 Å². The van der Waals surface area contributed by atoms with Crippen LogP contribution in [0.3, 0.4) is 0 Å². The maximum Gasteiger partial charge on any atom is 0.319 e. The second-order valence-electron chi connectivity index (χ2n) is 8.17. The summed E-state index contributed by atoms with van der Waals surface area (Å²) in [4.78, 5) is 21.3. The van der Waals surface area contributed by atoms with Gasteiger partial charge in [0.2, 0.25) is 0 Å². The zero-order valence-electron chi connectivity index (χ0n) is 18.4. The molecule has 166 valence electrons. The van der Waals surface area contributed by atoms with Crippen LogP contribution in [0, 0.1) is 0 Å². The first-order chi connectivity index (χ1) is 15.2. The lowest BCUT2D eigenvalue weighted by molar-refractivity contribution is 0.238. The third-order valence-corrected chi connectivity index (χ3v) is 6.00. The summed E-state index contributed by atoms with van der Waals surface area (Å²) in [7, 11) is 0. The summed E-state index contributed by atoms with van der Waals surface area (Å²) in [6.07, 6.45) is 3.95. The van der Waals surface area contributed by atoms with Crippen molar-refractivity contribution in [3.63, 3.8) is 0 Å². The Morgan fingerprint density at radius 2 is 1.97 bits per heavy atom. The number of aryl methyl sites for hydroxylation is 1. The fourth-order valence-electron chi connectivity index (χ4n) is 4.12. The number of nitrogens with zero attached hydrogens (tertiary/aromatic N) is 3. The van der Waals surface area contributed by atoms with Gasteiger partial charge in [0.25, 0.3) is 0 Å². The van der Waals surface area contributed by atoms with Gasteiger partial charge in [0.1, 0.15) is 11.6 Å². The minimum Gasteiger partial charge on any atom is -0.494 e. The van der Waals surface area contributed by atoms with E-state index in [4.69, 9.17) is 9.72 Å². The Morgan fingerprint density at radius 3 is 2.81 bits per heavy atom. The van der Waals surface area contributed by atoms with Gasteiger partial charge in [-0.05, 0) is 56.0 Å². The molecule has 0 bridgehead atoms. The summed E-state index contributed by atoms with van der Waals surface area (Å²) in [6.45, 7) is 8.84. The Balaban J connectivity index is 1.15. The van der Waals surface area contributed by atoms with Crippen LogP contribution in [0.5, 0.6) is 5.75 Å². The average molecular weight is 424 g/mol. The van der Waals surface area contributed by atoms with E-state index in [0.29, 0.717) is 13.2 Å². The predicted molar refractivity (Wildman–Crippen MR) is 124 cm³/mol. The molecule has 2 aromatic rings. The Labute approximate surface area is 184 Å². The first-order valence-electron chi connectivity index (χ1n) is 11.4. The number of hydrogen-bond acceptors (Lipinski definition) is 5. The summed E-state index contributed by atoms with van der Waals surface area (Å²) in [5.41, 5.74) is 3.15. The van der Waals surface area contributed by atoms with Gasteiger partial charge in [0.05, 0.1) is 6.61 Å². The normalized spacial score (nSPS) is 16.8. The highest BCUT2D eigenvalue weighted by molar-refractivity contribution is 5.91. The number of aromatic nitrogens is 1. The van der Waals surface area contributed by atoms with Crippen molar-refractivity contribution >= 4 is 17.5 Å². The molecule has 7 nitrogen and oxygen atoms in total. The number of amides is 2. The summed E-state index contributed by atoms with van der Waals surface area (Å²) in [5, 5.41) is 5.70. The lowest BCUT2D eigenvalue weighted by Gasteiger charge is -2.35. The van der Waals surface area contributed by atoms with Gasteiger partial charge in [-0.25, -0.2) is 9.78 Å². The zero-order valence-corrected chi connectivity index (χ0v) is 18.4. The molecule has 0 aliphatic carbocycles. The minimum absolute atomic E-state index is 0.148. The van der Waals surface area contributed by atoms with Crippen LogP contribution in [0.4, 0.5) is 16.3 Å². The molecule has 2 aliphatic rings. The third-order valence-electron chi connectivity index (χ3n) is 6.00. The van der Waals surface area contributed by atoms with Gasteiger partial charge in [0, 0.05) is 50.2 Å². The fourth-order valence-corrected chi connectivity index (χ4v) is 4.12. The molecule has 2 N–H and O–H groups in total. The van der Waals surface area contributed by atoms with Crippen LogP contribution in [-0.2, 0) is 12.8 Å². The number of pyridine rings is 1. The Kier molecular flexibility index (Phi) is 7.25. The molecule has 1 saturated heterocycles. The molecule has 2 aliphatic heterocycles. The van der Waals surface area contributed by atoms with E-state index < -0.39 is 0 Å². The Morgan fingerprint density at radius 1 is 1.10 bits per heavy atom. The number of rotatable bonds is 8. The van der Waals surface area contributed by atoms with Gasteiger partial charge >= 0.3 is 6.03 Å². The molecule has 0 radical (unpaired) electrons. The molecule has 1 aromatic carbocycles. The van der Waals surface area contributed by atoms with Gasteiger partial charge in [-0.2, -0.15) is 0 Å².